The van der Waals surface area contributed by atoms with E-state index in [0.29, 0.717) is 17.9 Å². The Morgan fingerprint density at radius 2 is 1.25 bits per heavy atom. The maximum absolute atomic E-state index is 12.6. The van der Waals surface area contributed by atoms with Crippen LogP contribution in [-0.4, -0.2) is 96.5 Å². The molecule has 2 saturated heterocycles. The van der Waals surface area contributed by atoms with Gasteiger partial charge in [-0.3, -0.25) is 14.6 Å². The van der Waals surface area contributed by atoms with E-state index in [1.165, 1.54) is 0 Å². The van der Waals surface area contributed by atoms with Gasteiger partial charge in [-0.1, -0.05) is 20.8 Å². The number of rotatable bonds is 3. The molecule has 5 heteroatoms. The molecule has 0 N–H and O–H groups in total. The van der Waals surface area contributed by atoms with Crippen LogP contribution in [0, 0.1) is 5.41 Å². The monoisotopic (exact) mass is 338 g/mol. The summed E-state index contributed by atoms with van der Waals surface area (Å²) in [6.45, 7) is 23.3. The molecule has 2 aliphatic heterocycles. The van der Waals surface area contributed by atoms with Crippen LogP contribution in [0.3, 0.4) is 0 Å². The Morgan fingerprint density at radius 3 is 1.71 bits per heavy atom. The molecule has 0 atom stereocenters. The molecule has 2 heterocycles. The Labute approximate surface area is 148 Å². The van der Waals surface area contributed by atoms with Crippen LogP contribution >= 0.6 is 0 Å². The minimum absolute atomic E-state index is 0.207. The Morgan fingerprint density at radius 1 is 0.750 bits per heavy atom. The molecule has 2 fully saturated rings. The maximum Gasteiger partial charge on any atom is 0.236 e. The van der Waals surface area contributed by atoms with E-state index in [1.54, 1.807) is 0 Å². The van der Waals surface area contributed by atoms with E-state index in [0.717, 1.165) is 58.9 Å². The lowest BCUT2D eigenvalue weighted by Crippen LogP contribution is -2.57. The summed E-state index contributed by atoms with van der Waals surface area (Å²) in [6, 6.07) is 0. The molecule has 0 aromatic carbocycles. The van der Waals surface area contributed by atoms with E-state index in [4.69, 9.17) is 0 Å². The highest BCUT2D eigenvalue weighted by Gasteiger charge is 2.29. The first-order chi connectivity index (χ1) is 11.0. The third-order valence-corrected chi connectivity index (χ3v) is 5.10. The van der Waals surface area contributed by atoms with Gasteiger partial charge in [-0.05, 0) is 26.2 Å². The lowest BCUT2D eigenvalue weighted by atomic mass is 9.96. The summed E-state index contributed by atoms with van der Waals surface area (Å²) < 4.78 is 0. The van der Waals surface area contributed by atoms with Gasteiger partial charge < -0.3 is 9.80 Å². The lowest BCUT2D eigenvalue weighted by Gasteiger charge is -2.43. The van der Waals surface area contributed by atoms with E-state index >= 15 is 0 Å². The van der Waals surface area contributed by atoms with E-state index in [1.807, 2.05) is 0 Å². The summed E-state index contributed by atoms with van der Waals surface area (Å²) >= 11 is 0. The van der Waals surface area contributed by atoms with Crippen molar-refractivity contribution in [1.82, 2.24) is 19.6 Å². The molecule has 0 saturated carbocycles. The van der Waals surface area contributed by atoms with Gasteiger partial charge in [0.2, 0.25) is 5.91 Å². The van der Waals surface area contributed by atoms with Crippen LogP contribution in [-0.2, 0) is 4.79 Å². The minimum Gasteiger partial charge on any atom is -0.339 e. The molecule has 0 aromatic rings. The minimum atomic E-state index is 0.207. The van der Waals surface area contributed by atoms with Gasteiger partial charge in [0.15, 0.2) is 0 Å². The normalized spacial score (nSPS) is 22.8. The van der Waals surface area contributed by atoms with Crippen molar-refractivity contribution in [2.45, 2.75) is 47.1 Å². The number of hydrogen-bond acceptors (Lipinski definition) is 4. The largest absolute Gasteiger partial charge is 0.339 e. The van der Waals surface area contributed by atoms with Crippen LogP contribution < -0.4 is 0 Å². The lowest BCUT2D eigenvalue weighted by molar-refractivity contribution is -0.135. The number of carbonyl (C=O) groups excluding carboxylic acids is 1. The summed E-state index contributed by atoms with van der Waals surface area (Å²) in [6.07, 6.45) is 0. The van der Waals surface area contributed by atoms with Gasteiger partial charge in [-0.25, -0.2) is 0 Å². The van der Waals surface area contributed by atoms with Crippen molar-refractivity contribution >= 4 is 5.91 Å². The van der Waals surface area contributed by atoms with Crippen molar-refractivity contribution in [3.8, 4) is 0 Å². The second-order valence-corrected chi connectivity index (χ2v) is 9.65. The topological polar surface area (TPSA) is 30.0 Å². The molecule has 0 radical (unpaired) electrons. The Hall–Kier alpha value is -0.650. The number of hydrogen-bond donors (Lipinski definition) is 0. The third kappa shape index (κ3) is 6.01. The van der Waals surface area contributed by atoms with Crippen molar-refractivity contribution in [1.29, 1.82) is 0 Å². The molecule has 0 aromatic heterocycles. The van der Waals surface area contributed by atoms with Gasteiger partial charge in [-0.15, -0.1) is 0 Å². The van der Waals surface area contributed by atoms with Gasteiger partial charge in [-0.2, -0.15) is 0 Å². The van der Waals surface area contributed by atoms with E-state index in [2.05, 4.69) is 61.1 Å². The highest BCUT2D eigenvalue weighted by molar-refractivity contribution is 5.78. The van der Waals surface area contributed by atoms with Gasteiger partial charge in [0.05, 0.1) is 6.54 Å². The smallest absolute Gasteiger partial charge is 0.236 e. The highest BCUT2D eigenvalue weighted by atomic mass is 16.2. The van der Waals surface area contributed by atoms with Crippen LogP contribution in [0.2, 0.25) is 0 Å². The fourth-order valence-electron chi connectivity index (χ4n) is 3.69. The van der Waals surface area contributed by atoms with Crippen LogP contribution in [0.1, 0.15) is 41.5 Å². The molecule has 0 bridgehead atoms. The molecule has 0 spiro atoms. The van der Waals surface area contributed by atoms with Crippen LogP contribution in [0.5, 0.6) is 0 Å². The average Bonchev–Trinajstić information content (AvgIpc) is 2.47. The summed E-state index contributed by atoms with van der Waals surface area (Å²) in [4.78, 5) is 22.0. The molecule has 0 aliphatic carbocycles. The van der Waals surface area contributed by atoms with E-state index in [9.17, 15) is 4.79 Å². The molecule has 2 aliphatic rings. The Bertz CT molecular complexity index is 408. The fourth-order valence-corrected chi connectivity index (χ4v) is 3.69. The van der Waals surface area contributed by atoms with Crippen molar-refractivity contribution in [3.05, 3.63) is 0 Å². The predicted molar refractivity (Wildman–Crippen MR) is 100 cm³/mol. The summed E-state index contributed by atoms with van der Waals surface area (Å²) in [5.41, 5.74) is 0.559. The Kier molecular flexibility index (Phi) is 6.32. The standard InChI is InChI=1S/C19H38N4O/c1-18(2,3)16-21-9-7-20(8-10-21)15-17(24)22-11-13-23(14-12-22)19(4,5)6/h7-16H2,1-6H3. The SMILES string of the molecule is CC(C)(C)CN1CCN(CC(=O)N2CCN(C(C)(C)C)CC2)CC1. The molecular formula is C19H38N4O. The maximum atomic E-state index is 12.6. The molecule has 24 heavy (non-hydrogen) atoms. The van der Waals surface area contributed by atoms with Crippen molar-refractivity contribution in [3.63, 3.8) is 0 Å². The molecule has 140 valence electrons. The number of piperazine rings is 2. The zero-order valence-electron chi connectivity index (χ0n) is 16.8. The van der Waals surface area contributed by atoms with Crippen molar-refractivity contribution in [2.75, 3.05) is 65.4 Å². The molecule has 5 nitrogen and oxygen atoms in total. The van der Waals surface area contributed by atoms with E-state index < -0.39 is 0 Å². The predicted octanol–water partition coefficient (Wildman–Crippen LogP) is 1.59. The van der Waals surface area contributed by atoms with Crippen molar-refractivity contribution in [2.24, 2.45) is 5.41 Å². The summed E-state index contributed by atoms with van der Waals surface area (Å²) in [7, 11) is 0. The average molecular weight is 339 g/mol. The third-order valence-electron chi connectivity index (χ3n) is 5.10. The molecule has 0 unspecified atom stereocenters. The first-order valence-electron chi connectivity index (χ1n) is 9.52. The number of amides is 1. The number of nitrogens with zero attached hydrogens (tertiary/aromatic N) is 4. The van der Waals surface area contributed by atoms with Crippen LogP contribution in [0.4, 0.5) is 0 Å². The van der Waals surface area contributed by atoms with E-state index in [-0.39, 0.29) is 5.54 Å². The zero-order valence-corrected chi connectivity index (χ0v) is 16.8. The van der Waals surface area contributed by atoms with Gasteiger partial charge in [0, 0.05) is 64.4 Å². The van der Waals surface area contributed by atoms with Crippen molar-refractivity contribution < 1.29 is 4.79 Å². The van der Waals surface area contributed by atoms with Gasteiger partial charge >= 0.3 is 0 Å². The quantitative estimate of drug-likeness (QED) is 0.782. The first-order valence-corrected chi connectivity index (χ1v) is 9.52. The zero-order chi connectivity index (χ0) is 18.0. The Balaban J connectivity index is 1.71. The summed E-state index contributed by atoms with van der Waals surface area (Å²) in [5.74, 6) is 0.313. The summed E-state index contributed by atoms with van der Waals surface area (Å²) in [5, 5.41) is 0. The molecule has 2 rings (SSSR count). The molecule has 1 amide bonds. The first kappa shape index (κ1) is 19.7. The number of carbonyl (C=O) groups is 1. The second-order valence-electron chi connectivity index (χ2n) is 9.65. The van der Waals surface area contributed by atoms with Crippen LogP contribution in [0.25, 0.3) is 0 Å². The molecular weight excluding hydrogens is 300 g/mol. The van der Waals surface area contributed by atoms with Crippen LogP contribution in [0.15, 0.2) is 0 Å². The van der Waals surface area contributed by atoms with Gasteiger partial charge in [0.25, 0.3) is 0 Å². The highest BCUT2D eigenvalue weighted by Crippen LogP contribution is 2.17. The second kappa shape index (κ2) is 7.71. The fraction of sp³-hybridized carbons (Fsp3) is 0.947. The van der Waals surface area contributed by atoms with Gasteiger partial charge in [0.1, 0.15) is 0 Å².